The predicted molar refractivity (Wildman–Crippen MR) is 82.4 cm³/mol. The van der Waals surface area contributed by atoms with Crippen LogP contribution in [0.2, 0.25) is 5.02 Å². The van der Waals surface area contributed by atoms with Crippen molar-refractivity contribution in [3.8, 4) is 0 Å². The van der Waals surface area contributed by atoms with Crippen molar-refractivity contribution in [2.45, 2.75) is 37.6 Å². The van der Waals surface area contributed by atoms with Gasteiger partial charge in [0, 0.05) is 10.5 Å². The number of benzene rings is 1. The van der Waals surface area contributed by atoms with E-state index in [0.717, 1.165) is 12.8 Å². The van der Waals surface area contributed by atoms with Crippen molar-refractivity contribution in [2.75, 3.05) is 0 Å². The van der Waals surface area contributed by atoms with Crippen molar-refractivity contribution >= 4 is 43.5 Å². The maximum absolute atomic E-state index is 12.1. The SMILES string of the molecule is CCC(CC)NC(=O)c1cc(S(N)(=O)=O)c(Br)cc1Cl. The maximum Gasteiger partial charge on any atom is 0.253 e. The summed E-state index contributed by atoms with van der Waals surface area (Å²) in [5, 5.41) is 8.05. The summed E-state index contributed by atoms with van der Waals surface area (Å²) in [5.41, 5.74) is 0.0887. The second kappa shape index (κ2) is 6.89. The van der Waals surface area contributed by atoms with Crippen LogP contribution < -0.4 is 10.5 Å². The fourth-order valence-corrected chi connectivity index (χ4v) is 3.69. The molecule has 20 heavy (non-hydrogen) atoms. The van der Waals surface area contributed by atoms with E-state index in [2.05, 4.69) is 21.2 Å². The quantitative estimate of drug-likeness (QED) is 0.819. The Morgan fingerprint density at radius 3 is 2.40 bits per heavy atom. The van der Waals surface area contributed by atoms with Crippen molar-refractivity contribution in [3.05, 3.63) is 27.2 Å². The highest BCUT2D eigenvalue weighted by Gasteiger charge is 2.20. The number of sulfonamides is 1. The zero-order valence-corrected chi connectivity index (χ0v) is 14.3. The molecule has 0 bridgehead atoms. The van der Waals surface area contributed by atoms with Crippen LogP contribution in [-0.4, -0.2) is 20.4 Å². The highest BCUT2D eigenvalue weighted by Crippen LogP contribution is 2.28. The number of hydrogen-bond acceptors (Lipinski definition) is 3. The third-order valence-corrected chi connectivity index (χ3v) is 5.08. The first kappa shape index (κ1) is 17.4. The van der Waals surface area contributed by atoms with Crippen LogP contribution in [0.5, 0.6) is 0 Å². The molecule has 0 heterocycles. The van der Waals surface area contributed by atoms with Crippen LogP contribution in [0.25, 0.3) is 0 Å². The molecule has 112 valence electrons. The molecule has 8 heteroatoms. The van der Waals surface area contributed by atoms with Gasteiger partial charge < -0.3 is 5.32 Å². The Bertz CT molecular complexity index is 615. The molecule has 0 aliphatic rings. The lowest BCUT2D eigenvalue weighted by Crippen LogP contribution is -2.34. The molecule has 1 aromatic carbocycles. The summed E-state index contributed by atoms with van der Waals surface area (Å²) in [5.74, 6) is -0.416. The van der Waals surface area contributed by atoms with Gasteiger partial charge in [-0.15, -0.1) is 0 Å². The van der Waals surface area contributed by atoms with Gasteiger partial charge in [0.2, 0.25) is 10.0 Å². The number of amides is 1. The van der Waals surface area contributed by atoms with Gasteiger partial charge in [0.15, 0.2) is 0 Å². The minimum atomic E-state index is -3.93. The molecule has 1 amide bonds. The molecule has 0 unspecified atom stereocenters. The molecule has 0 aromatic heterocycles. The Morgan fingerprint density at radius 1 is 1.40 bits per heavy atom. The third-order valence-electron chi connectivity index (χ3n) is 2.89. The summed E-state index contributed by atoms with van der Waals surface area (Å²) in [6.07, 6.45) is 1.55. The topological polar surface area (TPSA) is 89.3 Å². The molecule has 0 radical (unpaired) electrons. The Hall–Kier alpha value is -0.630. The van der Waals surface area contributed by atoms with Gasteiger partial charge in [-0.1, -0.05) is 25.4 Å². The second-order valence-electron chi connectivity index (χ2n) is 4.29. The lowest BCUT2D eigenvalue weighted by atomic mass is 10.1. The van der Waals surface area contributed by atoms with E-state index in [1.165, 1.54) is 12.1 Å². The first-order valence-corrected chi connectivity index (χ1v) is 8.75. The van der Waals surface area contributed by atoms with Crippen LogP contribution in [0.4, 0.5) is 0 Å². The van der Waals surface area contributed by atoms with Crippen LogP contribution in [0.3, 0.4) is 0 Å². The van der Waals surface area contributed by atoms with Crippen molar-refractivity contribution in [1.82, 2.24) is 5.32 Å². The number of carbonyl (C=O) groups is 1. The molecule has 1 rings (SSSR count). The number of primary sulfonamides is 1. The normalized spacial score (nSPS) is 11.7. The van der Waals surface area contributed by atoms with E-state index in [0.29, 0.717) is 0 Å². The summed E-state index contributed by atoms with van der Waals surface area (Å²) in [6.45, 7) is 3.90. The highest BCUT2D eigenvalue weighted by atomic mass is 79.9. The largest absolute Gasteiger partial charge is 0.349 e. The smallest absolute Gasteiger partial charge is 0.253 e. The third kappa shape index (κ3) is 4.18. The van der Waals surface area contributed by atoms with Gasteiger partial charge in [0.1, 0.15) is 0 Å². The van der Waals surface area contributed by atoms with Crippen LogP contribution in [0.1, 0.15) is 37.0 Å². The number of rotatable bonds is 5. The number of hydrogen-bond donors (Lipinski definition) is 2. The first-order chi connectivity index (χ1) is 9.20. The molecule has 0 atom stereocenters. The minimum Gasteiger partial charge on any atom is -0.349 e. The molecule has 0 aliphatic carbocycles. The number of halogens is 2. The zero-order valence-electron chi connectivity index (χ0n) is 11.1. The molecule has 5 nitrogen and oxygen atoms in total. The molecule has 0 aliphatic heterocycles. The number of nitrogens with two attached hydrogens (primary N) is 1. The maximum atomic E-state index is 12.1. The van der Waals surface area contributed by atoms with E-state index in [1.54, 1.807) is 0 Å². The lowest BCUT2D eigenvalue weighted by Gasteiger charge is -2.16. The molecular weight excluding hydrogens is 368 g/mol. The van der Waals surface area contributed by atoms with Gasteiger partial charge in [-0.25, -0.2) is 13.6 Å². The monoisotopic (exact) mass is 382 g/mol. The van der Waals surface area contributed by atoms with E-state index in [9.17, 15) is 13.2 Å². The Morgan fingerprint density at radius 2 is 1.95 bits per heavy atom. The van der Waals surface area contributed by atoms with Gasteiger partial charge in [-0.05, 0) is 40.9 Å². The van der Waals surface area contributed by atoms with Crippen molar-refractivity contribution in [2.24, 2.45) is 5.14 Å². The summed E-state index contributed by atoms with van der Waals surface area (Å²) < 4.78 is 23.1. The van der Waals surface area contributed by atoms with Crippen molar-refractivity contribution in [1.29, 1.82) is 0 Å². The van der Waals surface area contributed by atoms with Crippen molar-refractivity contribution < 1.29 is 13.2 Å². The fraction of sp³-hybridized carbons (Fsp3) is 0.417. The minimum absolute atomic E-state index is 0.0140. The second-order valence-corrected chi connectivity index (χ2v) is 7.09. The molecule has 3 N–H and O–H groups in total. The Balaban J connectivity index is 3.22. The lowest BCUT2D eigenvalue weighted by molar-refractivity contribution is 0.0935. The van der Waals surface area contributed by atoms with Crippen LogP contribution in [0.15, 0.2) is 21.5 Å². The first-order valence-electron chi connectivity index (χ1n) is 6.03. The average molecular weight is 384 g/mol. The molecule has 0 fully saturated rings. The summed E-state index contributed by atoms with van der Waals surface area (Å²) in [6, 6.07) is 2.54. The molecular formula is C12H16BrClN2O3S. The highest BCUT2D eigenvalue weighted by molar-refractivity contribution is 9.10. The predicted octanol–water partition coefficient (Wildman–Crippen LogP) is 2.67. The fourth-order valence-electron chi connectivity index (χ4n) is 1.68. The average Bonchev–Trinajstić information content (AvgIpc) is 2.33. The van der Waals surface area contributed by atoms with Gasteiger partial charge in [0.25, 0.3) is 5.91 Å². The molecule has 1 aromatic rings. The van der Waals surface area contributed by atoms with Gasteiger partial charge >= 0.3 is 0 Å². The van der Waals surface area contributed by atoms with E-state index >= 15 is 0 Å². The number of carbonyl (C=O) groups excluding carboxylic acids is 1. The van der Waals surface area contributed by atoms with Crippen LogP contribution >= 0.6 is 27.5 Å². The van der Waals surface area contributed by atoms with Gasteiger partial charge in [-0.2, -0.15) is 0 Å². The van der Waals surface area contributed by atoms with Crippen LogP contribution in [-0.2, 0) is 10.0 Å². The molecule has 0 spiro atoms. The molecule has 0 saturated heterocycles. The van der Waals surface area contributed by atoms with Gasteiger partial charge in [0.05, 0.1) is 15.5 Å². The number of nitrogens with one attached hydrogen (secondary N) is 1. The summed E-state index contributed by atoms with van der Waals surface area (Å²) >= 11 is 9.06. The summed E-state index contributed by atoms with van der Waals surface area (Å²) in [4.78, 5) is 12.0. The van der Waals surface area contributed by atoms with Gasteiger partial charge in [-0.3, -0.25) is 4.79 Å². The van der Waals surface area contributed by atoms with E-state index in [1.807, 2.05) is 13.8 Å². The van der Waals surface area contributed by atoms with E-state index in [4.69, 9.17) is 16.7 Å². The molecule has 0 saturated carbocycles. The van der Waals surface area contributed by atoms with E-state index < -0.39 is 15.9 Å². The van der Waals surface area contributed by atoms with E-state index in [-0.39, 0.29) is 26.0 Å². The van der Waals surface area contributed by atoms with Crippen molar-refractivity contribution in [3.63, 3.8) is 0 Å². The van der Waals surface area contributed by atoms with Crippen LogP contribution in [0, 0.1) is 0 Å². The Labute approximate surface area is 132 Å². The Kier molecular flexibility index (Phi) is 6.00. The zero-order chi connectivity index (χ0) is 15.5. The summed E-state index contributed by atoms with van der Waals surface area (Å²) in [7, 11) is -3.93. The standard InChI is InChI=1S/C12H16BrClN2O3S/c1-3-7(4-2)16-12(17)8-5-11(20(15,18)19)9(13)6-10(8)14/h5-7H,3-4H2,1-2H3,(H,16,17)(H2,15,18,19).